The highest BCUT2D eigenvalue weighted by atomic mass is 15.1. The fraction of sp³-hybridized carbons (Fsp3) is 0.600. The molecule has 0 aliphatic heterocycles. The van der Waals surface area contributed by atoms with Gasteiger partial charge in [-0.15, -0.1) is 0 Å². The average molecular weight is 232 g/mol. The van der Waals surface area contributed by atoms with Gasteiger partial charge in [0.15, 0.2) is 0 Å². The van der Waals surface area contributed by atoms with Gasteiger partial charge in [-0.3, -0.25) is 0 Å². The summed E-state index contributed by atoms with van der Waals surface area (Å²) in [6.45, 7) is 2.88. The molecule has 2 N–H and O–H groups in total. The Labute approximate surface area is 105 Å². The molecule has 0 bridgehead atoms. The third-order valence-corrected chi connectivity index (χ3v) is 3.90. The van der Waals surface area contributed by atoms with Crippen molar-refractivity contribution in [3.05, 3.63) is 29.3 Å². The van der Waals surface area contributed by atoms with Gasteiger partial charge in [0.1, 0.15) is 0 Å². The van der Waals surface area contributed by atoms with Crippen LogP contribution in [-0.2, 0) is 6.42 Å². The first-order valence-corrected chi connectivity index (χ1v) is 6.75. The van der Waals surface area contributed by atoms with E-state index in [2.05, 4.69) is 37.1 Å². The quantitative estimate of drug-likeness (QED) is 0.865. The van der Waals surface area contributed by atoms with Crippen molar-refractivity contribution in [3.8, 4) is 0 Å². The number of benzene rings is 1. The molecular weight excluding hydrogens is 208 g/mol. The Bertz CT molecular complexity index is 367. The Morgan fingerprint density at radius 1 is 1.29 bits per heavy atom. The first kappa shape index (κ1) is 12.4. The highest BCUT2D eigenvalue weighted by Gasteiger charge is 2.21. The van der Waals surface area contributed by atoms with E-state index < -0.39 is 0 Å². The van der Waals surface area contributed by atoms with Crippen molar-refractivity contribution in [3.63, 3.8) is 0 Å². The van der Waals surface area contributed by atoms with Crippen LogP contribution in [-0.4, -0.2) is 19.6 Å². The summed E-state index contributed by atoms with van der Waals surface area (Å²) >= 11 is 0. The molecule has 17 heavy (non-hydrogen) atoms. The summed E-state index contributed by atoms with van der Waals surface area (Å²) in [5.41, 5.74) is 9.83. The molecule has 0 saturated heterocycles. The van der Waals surface area contributed by atoms with E-state index in [1.54, 1.807) is 0 Å². The summed E-state index contributed by atoms with van der Waals surface area (Å²) in [4.78, 5) is 2.47. The molecule has 0 radical (unpaired) electrons. The van der Waals surface area contributed by atoms with E-state index in [-0.39, 0.29) is 0 Å². The van der Waals surface area contributed by atoms with Gasteiger partial charge < -0.3 is 10.6 Å². The maximum absolute atomic E-state index is 5.71. The van der Waals surface area contributed by atoms with Crippen LogP contribution in [0.15, 0.2) is 18.2 Å². The lowest BCUT2D eigenvalue weighted by atomic mass is 10.0. The second-order valence-corrected chi connectivity index (χ2v) is 5.22. The third-order valence-electron chi connectivity index (χ3n) is 3.90. The molecule has 94 valence electrons. The maximum atomic E-state index is 5.71. The molecule has 0 aromatic heterocycles. The summed E-state index contributed by atoms with van der Waals surface area (Å²) in [6, 6.07) is 7.49. The maximum Gasteiger partial charge on any atom is 0.0399 e. The zero-order chi connectivity index (χ0) is 12.3. The van der Waals surface area contributed by atoms with Gasteiger partial charge in [-0.2, -0.15) is 0 Å². The molecule has 1 aromatic rings. The van der Waals surface area contributed by atoms with Crippen molar-refractivity contribution in [2.45, 2.75) is 45.1 Å². The number of nitrogens with zero attached hydrogens (tertiary/aromatic N) is 1. The number of hydrogen-bond donors (Lipinski definition) is 1. The molecule has 0 atom stereocenters. The lowest BCUT2D eigenvalue weighted by Gasteiger charge is -2.29. The number of hydrogen-bond acceptors (Lipinski definition) is 2. The molecule has 0 spiro atoms. The Kier molecular flexibility index (Phi) is 4.06. The van der Waals surface area contributed by atoms with Crippen molar-refractivity contribution in [1.82, 2.24) is 0 Å². The minimum absolute atomic E-state index is 0.731. The van der Waals surface area contributed by atoms with Crippen molar-refractivity contribution >= 4 is 5.69 Å². The molecule has 1 aliphatic carbocycles. The van der Waals surface area contributed by atoms with Crippen molar-refractivity contribution in [1.29, 1.82) is 0 Å². The molecular formula is C15H24N2. The normalized spacial score (nSPS) is 16.4. The first-order valence-electron chi connectivity index (χ1n) is 6.75. The van der Waals surface area contributed by atoms with Crippen molar-refractivity contribution in [2.24, 2.45) is 5.73 Å². The van der Waals surface area contributed by atoms with E-state index in [4.69, 9.17) is 5.73 Å². The van der Waals surface area contributed by atoms with Gasteiger partial charge in [0.25, 0.3) is 0 Å². The molecule has 1 fully saturated rings. The van der Waals surface area contributed by atoms with E-state index in [1.807, 2.05) is 0 Å². The van der Waals surface area contributed by atoms with Gasteiger partial charge in [-0.25, -0.2) is 0 Å². The molecule has 2 nitrogen and oxygen atoms in total. The van der Waals surface area contributed by atoms with Gasteiger partial charge in [0.2, 0.25) is 0 Å². The fourth-order valence-electron chi connectivity index (χ4n) is 2.90. The zero-order valence-electron chi connectivity index (χ0n) is 11.1. The minimum atomic E-state index is 0.731. The number of aryl methyl sites for hydroxylation is 1. The average Bonchev–Trinajstić information content (AvgIpc) is 2.82. The van der Waals surface area contributed by atoms with Crippen LogP contribution >= 0.6 is 0 Å². The van der Waals surface area contributed by atoms with Gasteiger partial charge in [0, 0.05) is 18.8 Å². The molecule has 1 aromatic carbocycles. The van der Waals surface area contributed by atoms with Crippen LogP contribution in [0.1, 0.15) is 36.8 Å². The first-order chi connectivity index (χ1) is 8.22. The van der Waals surface area contributed by atoms with Crippen LogP contribution < -0.4 is 10.6 Å². The Balaban J connectivity index is 2.23. The van der Waals surface area contributed by atoms with Gasteiger partial charge >= 0.3 is 0 Å². The Morgan fingerprint density at radius 3 is 2.65 bits per heavy atom. The molecule has 1 aliphatic rings. The van der Waals surface area contributed by atoms with Gasteiger partial charge in [-0.1, -0.05) is 30.5 Å². The molecule has 2 rings (SSSR count). The third kappa shape index (κ3) is 2.81. The van der Waals surface area contributed by atoms with Crippen molar-refractivity contribution < 1.29 is 0 Å². The molecule has 2 heteroatoms. The van der Waals surface area contributed by atoms with E-state index in [0.717, 1.165) is 19.0 Å². The summed E-state index contributed by atoms with van der Waals surface area (Å²) in [5.74, 6) is 0. The summed E-state index contributed by atoms with van der Waals surface area (Å²) < 4.78 is 0. The van der Waals surface area contributed by atoms with Crippen LogP contribution in [0.4, 0.5) is 5.69 Å². The summed E-state index contributed by atoms with van der Waals surface area (Å²) in [5, 5.41) is 0. The van der Waals surface area contributed by atoms with Crippen molar-refractivity contribution in [2.75, 3.05) is 18.5 Å². The topological polar surface area (TPSA) is 29.3 Å². The number of anilines is 1. The fourth-order valence-corrected chi connectivity index (χ4v) is 2.90. The standard InChI is InChI=1S/C15H24N2/c1-12-7-8-15(13(11-12)9-10-16)17(2)14-5-3-4-6-14/h7-8,11,14H,3-6,9-10,16H2,1-2H3. The summed E-state index contributed by atoms with van der Waals surface area (Å²) in [6.07, 6.45) is 6.42. The lowest BCUT2D eigenvalue weighted by Crippen LogP contribution is -2.29. The highest BCUT2D eigenvalue weighted by Crippen LogP contribution is 2.29. The Hall–Kier alpha value is -1.02. The van der Waals surface area contributed by atoms with Crippen LogP contribution in [0.5, 0.6) is 0 Å². The predicted molar refractivity (Wildman–Crippen MR) is 74.6 cm³/mol. The molecule has 0 amide bonds. The van der Waals surface area contributed by atoms with E-state index in [1.165, 1.54) is 42.5 Å². The smallest absolute Gasteiger partial charge is 0.0399 e. The van der Waals surface area contributed by atoms with E-state index >= 15 is 0 Å². The highest BCUT2D eigenvalue weighted by molar-refractivity contribution is 5.55. The molecule has 1 saturated carbocycles. The monoisotopic (exact) mass is 232 g/mol. The largest absolute Gasteiger partial charge is 0.371 e. The van der Waals surface area contributed by atoms with E-state index in [0.29, 0.717) is 0 Å². The van der Waals surface area contributed by atoms with Gasteiger partial charge in [0.05, 0.1) is 0 Å². The van der Waals surface area contributed by atoms with Gasteiger partial charge in [-0.05, 0) is 44.4 Å². The van der Waals surface area contributed by atoms with Crippen LogP contribution in [0.25, 0.3) is 0 Å². The second-order valence-electron chi connectivity index (χ2n) is 5.22. The van der Waals surface area contributed by atoms with Crippen LogP contribution in [0, 0.1) is 6.92 Å². The van der Waals surface area contributed by atoms with E-state index in [9.17, 15) is 0 Å². The Morgan fingerprint density at radius 2 is 2.00 bits per heavy atom. The zero-order valence-corrected chi connectivity index (χ0v) is 11.1. The second kappa shape index (κ2) is 5.54. The summed E-state index contributed by atoms with van der Waals surface area (Å²) in [7, 11) is 2.24. The molecule has 0 unspecified atom stereocenters. The lowest BCUT2D eigenvalue weighted by molar-refractivity contribution is 0.650. The van der Waals surface area contributed by atoms with Crippen LogP contribution in [0.2, 0.25) is 0 Å². The SMILES string of the molecule is Cc1ccc(N(C)C2CCCC2)c(CCN)c1. The molecule has 0 heterocycles. The van der Waals surface area contributed by atoms with Crippen LogP contribution in [0.3, 0.4) is 0 Å². The number of rotatable bonds is 4. The number of nitrogens with two attached hydrogens (primary N) is 1. The minimum Gasteiger partial charge on any atom is -0.371 e. The predicted octanol–water partition coefficient (Wildman–Crippen LogP) is 2.88.